The summed E-state index contributed by atoms with van der Waals surface area (Å²) in [6.45, 7) is -0.0428. The minimum atomic E-state index is -0.517. The number of nitrogens with one attached hydrogen (secondary N) is 1. The van der Waals surface area contributed by atoms with Crippen LogP contribution in [0.15, 0.2) is 18.2 Å². The molecule has 1 aromatic rings. The summed E-state index contributed by atoms with van der Waals surface area (Å²) >= 11 is 11.8. The highest BCUT2D eigenvalue weighted by Gasteiger charge is 2.39. The van der Waals surface area contributed by atoms with Gasteiger partial charge in [-0.1, -0.05) is 36.0 Å². The highest BCUT2D eigenvalue weighted by atomic mass is 35.5. The van der Waals surface area contributed by atoms with Crippen LogP contribution in [0, 0.1) is 5.92 Å². The molecule has 1 heterocycles. The summed E-state index contributed by atoms with van der Waals surface area (Å²) in [6.07, 6.45) is 4.39. The second-order valence-corrected chi connectivity index (χ2v) is 7.51. The van der Waals surface area contributed by atoms with Gasteiger partial charge in [0.25, 0.3) is 5.91 Å². The van der Waals surface area contributed by atoms with Crippen molar-refractivity contribution < 1.29 is 19.1 Å². The Labute approximate surface area is 161 Å². The maximum absolute atomic E-state index is 12.2. The van der Waals surface area contributed by atoms with Gasteiger partial charge in [-0.25, -0.2) is 0 Å². The fourth-order valence-electron chi connectivity index (χ4n) is 3.49. The number of nitrogens with zero attached hydrogens (tertiary/aromatic N) is 1. The summed E-state index contributed by atoms with van der Waals surface area (Å²) in [7, 11) is 0. The zero-order chi connectivity index (χ0) is 18.7. The number of anilines is 1. The summed E-state index contributed by atoms with van der Waals surface area (Å²) in [6, 6.07) is 4.92. The van der Waals surface area contributed by atoms with E-state index in [1.54, 1.807) is 17.0 Å². The molecule has 0 radical (unpaired) electrons. The predicted octanol–water partition coefficient (Wildman–Crippen LogP) is 3.27. The summed E-state index contributed by atoms with van der Waals surface area (Å²) in [5.74, 6) is -1.53. The Bertz CT molecular complexity index is 719. The summed E-state index contributed by atoms with van der Waals surface area (Å²) in [4.78, 5) is 38.1. The maximum Gasteiger partial charge on any atom is 0.311 e. The van der Waals surface area contributed by atoms with Crippen molar-refractivity contribution >= 4 is 46.7 Å². The van der Waals surface area contributed by atoms with Crippen LogP contribution in [0.4, 0.5) is 5.69 Å². The number of rotatable bonds is 5. The lowest BCUT2D eigenvalue weighted by atomic mass is 10.1. The molecule has 26 heavy (non-hydrogen) atoms. The van der Waals surface area contributed by atoms with Gasteiger partial charge in [-0.3, -0.25) is 14.4 Å². The highest BCUT2D eigenvalue weighted by molar-refractivity contribution is 6.36. The third-order valence-corrected chi connectivity index (χ3v) is 5.36. The van der Waals surface area contributed by atoms with E-state index in [0.717, 1.165) is 25.7 Å². The minimum absolute atomic E-state index is 0.00347. The van der Waals surface area contributed by atoms with E-state index >= 15 is 0 Å². The van der Waals surface area contributed by atoms with E-state index in [0.29, 0.717) is 22.3 Å². The van der Waals surface area contributed by atoms with Crippen molar-refractivity contribution in [1.29, 1.82) is 0 Å². The number of hydrogen-bond acceptors (Lipinski definition) is 4. The van der Waals surface area contributed by atoms with Crippen LogP contribution >= 0.6 is 23.2 Å². The summed E-state index contributed by atoms with van der Waals surface area (Å²) in [5.41, 5.74) is 0.389. The monoisotopic (exact) mass is 398 g/mol. The van der Waals surface area contributed by atoms with Crippen molar-refractivity contribution in [3.05, 3.63) is 28.2 Å². The molecule has 1 saturated heterocycles. The van der Waals surface area contributed by atoms with Crippen LogP contribution in [0.2, 0.25) is 10.0 Å². The molecule has 0 bridgehead atoms. The van der Waals surface area contributed by atoms with Gasteiger partial charge in [0.1, 0.15) is 0 Å². The van der Waals surface area contributed by atoms with E-state index in [4.69, 9.17) is 27.9 Å². The van der Waals surface area contributed by atoms with Crippen molar-refractivity contribution in [2.45, 2.75) is 38.1 Å². The van der Waals surface area contributed by atoms with Crippen molar-refractivity contribution in [3.8, 4) is 0 Å². The molecule has 1 aliphatic carbocycles. The molecule has 140 valence electrons. The van der Waals surface area contributed by atoms with Crippen LogP contribution in [0.5, 0.6) is 0 Å². The normalized spacial score (nSPS) is 20.5. The van der Waals surface area contributed by atoms with Gasteiger partial charge in [-0.15, -0.1) is 0 Å². The molecular formula is C18H20Cl2N2O4. The lowest BCUT2D eigenvalue weighted by Crippen LogP contribution is -2.35. The summed E-state index contributed by atoms with van der Waals surface area (Å²) in [5, 5.41) is 3.31. The number of halogens is 2. The Morgan fingerprint density at radius 3 is 2.65 bits per heavy atom. The van der Waals surface area contributed by atoms with Gasteiger partial charge < -0.3 is 15.0 Å². The van der Waals surface area contributed by atoms with Gasteiger partial charge in [0.2, 0.25) is 5.91 Å². The standard InChI is InChI=1S/C18H20Cl2N2O4/c19-12-5-6-15(14(20)8-12)21-16(23)10-26-18(25)11-7-17(24)22(9-11)13-3-1-2-4-13/h5-6,8,11,13H,1-4,7,9-10H2,(H,21,23)/t11-/m0/s1. The average Bonchev–Trinajstić information content (AvgIpc) is 3.24. The van der Waals surface area contributed by atoms with Gasteiger partial charge in [0.05, 0.1) is 16.6 Å². The predicted molar refractivity (Wildman–Crippen MR) is 98.1 cm³/mol. The van der Waals surface area contributed by atoms with Crippen molar-refractivity contribution in [1.82, 2.24) is 4.90 Å². The number of benzene rings is 1. The molecule has 6 nitrogen and oxygen atoms in total. The molecule has 1 N–H and O–H groups in total. The van der Waals surface area contributed by atoms with E-state index in [2.05, 4.69) is 5.32 Å². The van der Waals surface area contributed by atoms with Crippen LogP contribution in [0.1, 0.15) is 32.1 Å². The molecule has 3 rings (SSSR count). The van der Waals surface area contributed by atoms with E-state index < -0.39 is 24.4 Å². The molecular weight excluding hydrogens is 379 g/mol. The first-order valence-corrected chi connectivity index (χ1v) is 9.40. The molecule has 2 amide bonds. The first-order valence-electron chi connectivity index (χ1n) is 8.65. The zero-order valence-electron chi connectivity index (χ0n) is 14.2. The smallest absolute Gasteiger partial charge is 0.311 e. The van der Waals surface area contributed by atoms with Gasteiger partial charge in [-0.2, -0.15) is 0 Å². The molecule has 1 aliphatic heterocycles. The number of esters is 1. The zero-order valence-corrected chi connectivity index (χ0v) is 15.7. The number of carbonyl (C=O) groups is 3. The molecule has 1 aromatic carbocycles. The van der Waals surface area contributed by atoms with Gasteiger partial charge >= 0.3 is 5.97 Å². The Balaban J connectivity index is 1.47. The number of likely N-dealkylation sites (tertiary alicyclic amines) is 1. The average molecular weight is 399 g/mol. The fourth-order valence-corrected chi connectivity index (χ4v) is 3.95. The molecule has 0 spiro atoms. The molecule has 0 aromatic heterocycles. The molecule has 2 aliphatic rings. The van der Waals surface area contributed by atoms with E-state index in [1.807, 2.05) is 0 Å². The lowest BCUT2D eigenvalue weighted by molar-refractivity contribution is -0.151. The third kappa shape index (κ3) is 4.48. The number of hydrogen-bond donors (Lipinski definition) is 1. The first-order chi connectivity index (χ1) is 12.4. The Hall–Kier alpha value is -1.79. The van der Waals surface area contributed by atoms with E-state index in [9.17, 15) is 14.4 Å². The number of ether oxygens (including phenoxy) is 1. The minimum Gasteiger partial charge on any atom is -0.455 e. The van der Waals surface area contributed by atoms with Gasteiger partial charge in [0.15, 0.2) is 6.61 Å². The van der Waals surface area contributed by atoms with Crippen LogP contribution in [0.25, 0.3) is 0 Å². The van der Waals surface area contributed by atoms with Crippen LogP contribution in [-0.2, 0) is 19.1 Å². The summed E-state index contributed by atoms with van der Waals surface area (Å²) < 4.78 is 5.08. The van der Waals surface area contributed by atoms with Crippen molar-refractivity contribution in [3.63, 3.8) is 0 Å². The second-order valence-electron chi connectivity index (χ2n) is 6.67. The maximum atomic E-state index is 12.2. The molecule has 2 fully saturated rings. The van der Waals surface area contributed by atoms with Crippen molar-refractivity contribution in [2.24, 2.45) is 5.92 Å². The van der Waals surface area contributed by atoms with E-state index in [1.165, 1.54) is 6.07 Å². The Morgan fingerprint density at radius 1 is 1.23 bits per heavy atom. The topological polar surface area (TPSA) is 75.7 Å². The third-order valence-electron chi connectivity index (χ3n) is 4.81. The number of amides is 2. The van der Waals surface area contributed by atoms with Crippen molar-refractivity contribution in [2.75, 3.05) is 18.5 Å². The first kappa shape index (κ1) is 19.0. The highest BCUT2D eigenvalue weighted by Crippen LogP contribution is 2.30. The second kappa shape index (κ2) is 8.27. The van der Waals surface area contributed by atoms with Gasteiger partial charge in [0, 0.05) is 24.0 Å². The van der Waals surface area contributed by atoms with E-state index in [-0.39, 0.29) is 18.4 Å². The SMILES string of the molecule is O=C(COC(=O)[C@H]1CC(=O)N(C2CCCC2)C1)Nc1ccc(Cl)cc1Cl. The van der Waals surface area contributed by atoms with Crippen LogP contribution in [0.3, 0.4) is 0 Å². The van der Waals surface area contributed by atoms with Gasteiger partial charge in [-0.05, 0) is 31.0 Å². The van der Waals surface area contributed by atoms with Crippen LogP contribution < -0.4 is 5.32 Å². The molecule has 1 saturated carbocycles. The molecule has 8 heteroatoms. The Kier molecular flexibility index (Phi) is 6.04. The molecule has 1 atom stereocenters. The van der Waals surface area contributed by atoms with Crippen LogP contribution in [-0.4, -0.2) is 41.9 Å². The number of carbonyl (C=O) groups excluding carboxylic acids is 3. The quantitative estimate of drug-likeness (QED) is 0.772. The molecule has 0 unspecified atom stereocenters. The lowest BCUT2D eigenvalue weighted by Gasteiger charge is -2.23. The Morgan fingerprint density at radius 2 is 1.96 bits per heavy atom. The fraction of sp³-hybridized carbons (Fsp3) is 0.500. The largest absolute Gasteiger partial charge is 0.455 e.